The normalized spacial score (nSPS) is 14.0. The van der Waals surface area contributed by atoms with Gasteiger partial charge in [-0.25, -0.2) is 4.98 Å². The first-order valence-electron chi connectivity index (χ1n) is 7.50. The Kier molecular flexibility index (Phi) is 3.67. The highest BCUT2D eigenvalue weighted by atomic mass is 35.5. The van der Waals surface area contributed by atoms with Gasteiger partial charge in [0.25, 0.3) is 0 Å². The summed E-state index contributed by atoms with van der Waals surface area (Å²) < 4.78 is 5.73. The van der Waals surface area contributed by atoms with Gasteiger partial charge in [-0.05, 0) is 48.9 Å². The van der Waals surface area contributed by atoms with Crippen molar-refractivity contribution >= 4 is 28.4 Å². The number of hydrogen-bond acceptors (Lipinski definition) is 4. The van der Waals surface area contributed by atoms with Gasteiger partial charge in [0.15, 0.2) is 5.58 Å². The summed E-state index contributed by atoms with van der Waals surface area (Å²) in [5, 5.41) is 11.0. The van der Waals surface area contributed by atoms with Gasteiger partial charge in [-0.1, -0.05) is 23.8 Å². The Labute approximate surface area is 143 Å². The second-order valence-corrected chi connectivity index (χ2v) is 5.84. The lowest BCUT2D eigenvalue weighted by molar-refractivity contribution is 0.474. The van der Waals surface area contributed by atoms with Crippen molar-refractivity contribution in [2.24, 2.45) is 4.99 Å². The van der Waals surface area contributed by atoms with Crippen LogP contribution in [0.3, 0.4) is 0 Å². The van der Waals surface area contributed by atoms with Crippen molar-refractivity contribution in [3.05, 3.63) is 71.4 Å². The predicted octanol–water partition coefficient (Wildman–Crippen LogP) is 5.12. The van der Waals surface area contributed by atoms with Crippen LogP contribution in [0.25, 0.3) is 22.6 Å². The molecule has 1 aliphatic heterocycles. The van der Waals surface area contributed by atoms with Crippen LogP contribution in [0, 0.1) is 0 Å². The summed E-state index contributed by atoms with van der Waals surface area (Å²) >= 11 is 5.97. The van der Waals surface area contributed by atoms with E-state index in [1.54, 1.807) is 30.5 Å². The zero-order valence-corrected chi connectivity index (χ0v) is 13.4. The van der Waals surface area contributed by atoms with E-state index in [2.05, 4.69) is 9.98 Å². The number of fused-ring (bicyclic) bond motifs is 1. The molecule has 0 spiro atoms. The number of allylic oxidation sites excluding steroid dienone is 3. The fourth-order valence-corrected chi connectivity index (χ4v) is 2.73. The molecule has 0 saturated heterocycles. The fourth-order valence-electron chi connectivity index (χ4n) is 2.56. The van der Waals surface area contributed by atoms with Crippen LogP contribution in [-0.4, -0.2) is 15.8 Å². The molecule has 0 bridgehead atoms. The summed E-state index contributed by atoms with van der Waals surface area (Å²) in [4.78, 5) is 8.76. The molecule has 0 radical (unpaired) electrons. The maximum Gasteiger partial charge on any atom is 0.227 e. The van der Waals surface area contributed by atoms with E-state index in [9.17, 15) is 5.11 Å². The Morgan fingerprint density at radius 3 is 2.88 bits per heavy atom. The molecule has 2 heterocycles. The number of oxazole rings is 1. The Bertz CT molecular complexity index is 1020. The lowest BCUT2D eigenvalue weighted by Gasteiger charge is -2.05. The monoisotopic (exact) mass is 336 g/mol. The number of phenols is 1. The molecular weight excluding hydrogens is 324 g/mol. The number of halogens is 1. The van der Waals surface area contributed by atoms with Crippen LogP contribution in [-0.2, 0) is 0 Å². The van der Waals surface area contributed by atoms with Crippen molar-refractivity contribution < 1.29 is 9.52 Å². The quantitative estimate of drug-likeness (QED) is 0.706. The Hall–Kier alpha value is -2.85. The van der Waals surface area contributed by atoms with Crippen molar-refractivity contribution in [3.8, 4) is 17.2 Å². The maximum atomic E-state index is 10.4. The van der Waals surface area contributed by atoms with Gasteiger partial charge in [0.2, 0.25) is 5.89 Å². The highest BCUT2D eigenvalue weighted by Crippen LogP contribution is 2.30. The number of aromatic nitrogens is 1. The molecule has 4 nitrogen and oxygen atoms in total. The van der Waals surface area contributed by atoms with Crippen molar-refractivity contribution in [2.75, 3.05) is 0 Å². The lowest BCUT2D eigenvalue weighted by atomic mass is 10.1. The van der Waals surface area contributed by atoms with Gasteiger partial charge in [0, 0.05) is 22.3 Å². The smallest absolute Gasteiger partial charge is 0.227 e. The summed E-state index contributed by atoms with van der Waals surface area (Å²) in [6.07, 6.45) is 8.43. The molecule has 0 saturated carbocycles. The second kappa shape index (κ2) is 5.98. The van der Waals surface area contributed by atoms with Crippen molar-refractivity contribution in [2.45, 2.75) is 6.42 Å². The number of aliphatic imine (C=N–C) groups is 1. The number of aromatic hydroxyl groups is 1. The van der Waals surface area contributed by atoms with Crippen LogP contribution in [0.4, 0.5) is 0 Å². The number of hydrogen-bond donors (Lipinski definition) is 1. The van der Waals surface area contributed by atoms with Gasteiger partial charge in [-0.15, -0.1) is 0 Å². The third kappa shape index (κ3) is 2.72. The molecule has 5 heteroatoms. The average Bonchev–Trinajstić information content (AvgIpc) is 2.80. The molecule has 0 amide bonds. The fraction of sp³-hybridized carbons (Fsp3) is 0.0526. The molecule has 24 heavy (non-hydrogen) atoms. The lowest BCUT2D eigenvalue weighted by Crippen LogP contribution is -1.96. The third-order valence-corrected chi connectivity index (χ3v) is 3.97. The zero-order chi connectivity index (χ0) is 16.5. The highest BCUT2D eigenvalue weighted by Gasteiger charge is 2.13. The minimum absolute atomic E-state index is 0.131. The van der Waals surface area contributed by atoms with Crippen LogP contribution in [0.1, 0.15) is 12.0 Å². The van der Waals surface area contributed by atoms with Crippen LogP contribution in [0.5, 0.6) is 5.75 Å². The second-order valence-electron chi connectivity index (χ2n) is 5.40. The van der Waals surface area contributed by atoms with Crippen LogP contribution in [0.15, 0.2) is 70.2 Å². The van der Waals surface area contributed by atoms with E-state index in [0.29, 0.717) is 33.1 Å². The van der Waals surface area contributed by atoms with Crippen molar-refractivity contribution in [3.63, 3.8) is 0 Å². The number of nitrogens with zero attached hydrogens (tertiary/aromatic N) is 2. The average molecular weight is 337 g/mol. The first kappa shape index (κ1) is 14.7. The van der Waals surface area contributed by atoms with E-state index in [1.165, 1.54) is 0 Å². The number of phenolic OH excluding ortho intramolecular Hbond substituents is 1. The summed E-state index contributed by atoms with van der Waals surface area (Å²) in [6, 6.07) is 10.6. The topological polar surface area (TPSA) is 58.6 Å². The molecule has 1 N–H and O–H groups in total. The molecular formula is C19H13ClN2O2. The van der Waals surface area contributed by atoms with Gasteiger partial charge >= 0.3 is 0 Å². The first-order valence-corrected chi connectivity index (χ1v) is 7.88. The minimum atomic E-state index is 0.131. The highest BCUT2D eigenvalue weighted by molar-refractivity contribution is 6.31. The van der Waals surface area contributed by atoms with Crippen LogP contribution >= 0.6 is 11.6 Å². The summed E-state index contributed by atoms with van der Waals surface area (Å²) in [6.45, 7) is 0. The maximum absolute atomic E-state index is 10.4. The van der Waals surface area contributed by atoms with E-state index in [1.807, 2.05) is 30.4 Å². The molecule has 2 aromatic carbocycles. The SMILES string of the molecule is Oc1cc(-c2nc3cc(Cl)ccc3o2)ccc1C1=NC=CCC=C1. The molecule has 0 fully saturated rings. The van der Waals surface area contributed by atoms with Crippen LogP contribution in [0.2, 0.25) is 5.02 Å². The molecule has 1 aromatic heterocycles. The van der Waals surface area contributed by atoms with Gasteiger partial charge in [-0.2, -0.15) is 0 Å². The summed E-state index contributed by atoms with van der Waals surface area (Å²) in [7, 11) is 0. The van der Waals surface area contributed by atoms with E-state index in [-0.39, 0.29) is 5.75 Å². The molecule has 3 aromatic rings. The van der Waals surface area contributed by atoms with Gasteiger partial charge < -0.3 is 9.52 Å². The van der Waals surface area contributed by atoms with E-state index >= 15 is 0 Å². The first-order chi connectivity index (χ1) is 11.7. The van der Waals surface area contributed by atoms with Gasteiger partial charge in [0.05, 0.1) is 5.71 Å². The minimum Gasteiger partial charge on any atom is -0.507 e. The number of benzene rings is 2. The Morgan fingerprint density at radius 2 is 2.00 bits per heavy atom. The van der Waals surface area contributed by atoms with E-state index < -0.39 is 0 Å². The van der Waals surface area contributed by atoms with Gasteiger partial charge in [-0.3, -0.25) is 4.99 Å². The predicted molar refractivity (Wildman–Crippen MR) is 95.6 cm³/mol. The van der Waals surface area contributed by atoms with Crippen molar-refractivity contribution in [1.29, 1.82) is 0 Å². The zero-order valence-electron chi connectivity index (χ0n) is 12.6. The molecule has 4 rings (SSSR count). The molecule has 0 aliphatic carbocycles. The number of rotatable bonds is 2. The van der Waals surface area contributed by atoms with E-state index in [4.69, 9.17) is 16.0 Å². The third-order valence-electron chi connectivity index (χ3n) is 3.74. The summed E-state index contributed by atoms with van der Waals surface area (Å²) in [5.74, 6) is 0.568. The Morgan fingerprint density at radius 1 is 1.08 bits per heavy atom. The standard InChI is InChI=1S/C19H13ClN2O2/c20-13-6-8-18-16(11-13)22-19(24-18)12-5-7-14(17(23)10-12)15-4-2-1-3-9-21-15/h2-11,23H,1H2. The van der Waals surface area contributed by atoms with Crippen molar-refractivity contribution in [1.82, 2.24) is 4.98 Å². The molecule has 0 unspecified atom stereocenters. The van der Waals surface area contributed by atoms with E-state index in [0.717, 1.165) is 12.1 Å². The molecule has 1 aliphatic rings. The van der Waals surface area contributed by atoms with Crippen LogP contribution < -0.4 is 0 Å². The van der Waals surface area contributed by atoms with Gasteiger partial charge in [0.1, 0.15) is 11.3 Å². The molecule has 0 atom stereocenters. The summed E-state index contributed by atoms with van der Waals surface area (Å²) in [5.41, 5.74) is 3.41. The Balaban J connectivity index is 1.75. The largest absolute Gasteiger partial charge is 0.507 e. The molecule has 118 valence electrons.